The molecule has 0 atom stereocenters. The molecule has 1 aromatic heterocycles. The number of anilines is 1. The van der Waals surface area contributed by atoms with E-state index in [-0.39, 0.29) is 0 Å². The molecule has 3 nitrogen and oxygen atoms in total. The Morgan fingerprint density at radius 3 is 2.61 bits per heavy atom. The molecule has 0 aliphatic heterocycles. The highest BCUT2D eigenvalue weighted by molar-refractivity contribution is 9.10. The lowest BCUT2D eigenvalue weighted by Crippen LogP contribution is -2.17. The Morgan fingerprint density at radius 1 is 1.17 bits per heavy atom. The fourth-order valence-corrected chi connectivity index (χ4v) is 2.26. The summed E-state index contributed by atoms with van der Waals surface area (Å²) in [5.74, 6) is 0. The van der Waals surface area contributed by atoms with Gasteiger partial charge in [0.1, 0.15) is 0 Å². The van der Waals surface area contributed by atoms with Crippen LogP contribution in [-0.4, -0.2) is 16.9 Å². The smallest absolute Gasteiger partial charge is 0.0461 e. The van der Waals surface area contributed by atoms with Crippen molar-refractivity contribution in [3.05, 3.63) is 58.3 Å². The minimum atomic E-state index is 0.782. The Balaban J connectivity index is 2.03. The van der Waals surface area contributed by atoms with Gasteiger partial charge in [-0.3, -0.25) is 9.88 Å². The van der Waals surface area contributed by atoms with Crippen molar-refractivity contribution >= 4 is 21.6 Å². The average molecular weight is 306 g/mol. The maximum Gasteiger partial charge on any atom is 0.0461 e. The molecule has 0 bridgehead atoms. The van der Waals surface area contributed by atoms with E-state index >= 15 is 0 Å². The maximum atomic E-state index is 5.88. The first-order valence-corrected chi connectivity index (χ1v) is 6.56. The molecule has 0 amide bonds. The lowest BCUT2D eigenvalue weighted by Gasteiger charge is -2.18. The van der Waals surface area contributed by atoms with Gasteiger partial charge in [0.2, 0.25) is 0 Å². The predicted octanol–water partition coefficient (Wildman–Crippen LogP) is 3.06. The zero-order chi connectivity index (χ0) is 13.0. The molecule has 2 aromatic rings. The molecule has 18 heavy (non-hydrogen) atoms. The fraction of sp³-hybridized carbons (Fsp3) is 0.214. The third-order valence-corrected chi connectivity index (χ3v) is 3.72. The van der Waals surface area contributed by atoms with Crippen LogP contribution in [0.1, 0.15) is 11.1 Å². The minimum absolute atomic E-state index is 0.782. The number of hydrogen-bond acceptors (Lipinski definition) is 3. The van der Waals surface area contributed by atoms with E-state index in [1.807, 2.05) is 36.7 Å². The van der Waals surface area contributed by atoms with E-state index in [9.17, 15) is 0 Å². The third-order valence-electron chi connectivity index (χ3n) is 2.75. The van der Waals surface area contributed by atoms with Crippen molar-refractivity contribution in [2.45, 2.75) is 13.1 Å². The van der Waals surface area contributed by atoms with E-state index in [0.29, 0.717) is 0 Å². The van der Waals surface area contributed by atoms with Gasteiger partial charge in [0.25, 0.3) is 0 Å². The average Bonchev–Trinajstić information content (AvgIpc) is 2.36. The molecule has 0 aliphatic rings. The van der Waals surface area contributed by atoms with E-state index in [2.05, 4.69) is 38.9 Å². The van der Waals surface area contributed by atoms with Gasteiger partial charge in [-0.15, -0.1) is 0 Å². The molecule has 0 fully saturated rings. The second-order valence-electron chi connectivity index (χ2n) is 4.35. The van der Waals surface area contributed by atoms with Gasteiger partial charge >= 0.3 is 0 Å². The number of nitrogens with two attached hydrogens (primary N) is 1. The van der Waals surface area contributed by atoms with Crippen LogP contribution in [0.5, 0.6) is 0 Å². The van der Waals surface area contributed by atoms with Gasteiger partial charge in [0.05, 0.1) is 0 Å². The Labute approximate surface area is 116 Å². The van der Waals surface area contributed by atoms with Crippen molar-refractivity contribution in [1.82, 2.24) is 9.88 Å². The molecule has 94 valence electrons. The van der Waals surface area contributed by atoms with Crippen LogP contribution in [0.15, 0.2) is 47.2 Å². The molecule has 2 N–H and O–H groups in total. The molecule has 0 radical (unpaired) electrons. The van der Waals surface area contributed by atoms with Crippen LogP contribution in [0, 0.1) is 0 Å². The Bertz CT molecular complexity index is 514. The largest absolute Gasteiger partial charge is 0.398 e. The summed E-state index contributed by atoms with van der Waals surface area (Å²) in [7, 11) is 2.09. The van der Waals surface area contributed by atoms with E-state index in [1.165, 1.54) is 11.1 Å². The first-order valence-electron chi connectivity index (χ1n) is 5.77. The van der Waals surface area contributed by atoms with E-state index in [4.69, 9.17) is 5.73 Å². The first-order chi connectivity index (χ1) is 8.66. The van der Waals surface area contributed by atoms with Gasteiger partial charge in [-0.2, -0.15) is 0 Å². The molecular weight excluding hydrogens is 290 g/mol. The summed E-state index contributed by atoms with van der Waals surface area (Å²) in [4.78, 5) is 6.26. The number of hydrogen-bond donors (Lipinski definition) is 1. The summed E-state index contributed by atoms with van der Waals surface area (Å²) in [6.45, 7) is 1.75. The van der Waals surface area contributed by atoms with Crippen LogP contribution >= 0.6 is 15.9 Å². The zero-order valence-electron chi connectivity index (χ0n) is 10.3. The first kappa shape index (κ1) is 13.1. The lowest BCUT2D eigenvalue weighted by molar-refractivity contribution is 0.318. The maximum absolute atomic E-state index is 5.88. The van der Waals surface area contributed by atoms with Crippen LogP contribution < -0.4 is 5.73 Å². The number of nitrogens with zero attached hydrogens (tertiary/aromatic N) is 2. The summed E-state index contributed by atoms with van der Waals surface area (Å²) < 4.78 is 0.992. The summed E-state index contributed by atoms with van der Waals surface area (Å²) in [6, 6.07) is 10.0. The summed E-state index contributed by atoms with van der Waals surface area (Å²) in [6.07, 6.45) is 3.64. The molecule has 0 saturated carbocycles. The van der Waals surface area contributed by atoms with Crippen LogP contribution in [0.3, 0.4) is 0 Å². The summed E-state index contributed by atoms with van der Waals surface area (Å²) in [5.41, 5.74) is 9.11. The van der Waals surface area contributed by atoms with Gasteiger partial charge in [0, 0.05) is 35.6 Å². The van der Waals surface area contributed by atoms with Crippen molar-refractivity contribution in [2.24, 2.45) is 0 Å². The number of benzene rings is 1. The monoisotopic (exact) mass is 305 g/mol. The molecule has 1 heterocycles. The molecule has 0 unspecified atom stereocenters. The highest BCUT2D eigenvalue weighted by Crippen LogP contribution is 2.24. The second kappa shape index (κ2) is 5.98. The van der Waals surface area contributed by atoms with E-state index in [0.717, 1.165) is 23.2 Å². The van der Waals surface area contributed by atoms with Gasteiger partial charge in [-0.1, -0.05) is 12.1 Å². The summed E-state index contributed by atoms with van der Waals surface area (Å²) in [5, 5.41) is 0. The fourth-order valence-electron chi connectivity index (χ4n) is 1.87. The molecule has 0 aliphatic carbocycles. The molecule has 0 saturated heterocycles. The normalized spacial score (nSPS) is 10.8. The number of nitrogen functional groups attached to an aromatic ring is 1. The highest BCUT2D eigenvalue weighted by atomic mass is 79.9. The van der Waals surface area contributed by atoms with Crippen LogP contribution in [0.2, 0.25) is 0 Å². The molecule has 4 heteroatoms. The van der Waals surface area contributed by atoms with Crippen LogP contribution in [0.4, 0.5) is 5.69 Å². The highest BCUT2D eigenvalue weighted by Gasteiger charge is 2.06. The van der Waals surface area contributed by atoms with Crippen LogP contribution in [0.25, 0.3) is 0 Å². The van der Waals surface area contributed by atoms with Gasteiger partial charge < -0.3 is 5.73 Å². The number of aromatic nitrogens is 1. The Hall–Kier alpha value is -1.39. The number of pyridine rings is 1. The SMILES string of the molecule is CN(Cc1ccncc1)Cc1cccc(N)c1Br. The van der Waals surface area contributed by atoms with Crippen molar-refractivity contribution in [2.75, 3.05) is 12.8 Å². The topological polar surface area (TPSA) is 42.2 Å². The number of halogens is 1. The Kier molecular flexibility index (Phi) is 4.33. The summed E-state index contributed by atoms with van der Waals surface area (Å²) >= 11 is 3.53. The van der Waals surface area contributed by atoms with E-state index in [1.54, 1.807) is 0 Å². The quantitative estimate of drug-likeness (QED) is 0.883. The van der Waals surface area contributed by atoms with Crippen molar-refractivity contribution in [3.8, 4) is 0 Å². The minimum Gasteiger partial charge on any atom is -0.398 e. The molecule has 1 aromatic carbocycles. The zero-order valence-corrected chi connectivity index (χ0v) is 11.9. The van der Waals surface area contributed by atoms with Gasteiger partial charge in [0.15, 0.2) is 0 Å². The van der Waals surface area contributed by atoms with Crippen molar-refractivity contribution in [1.29, 1.82) is 0 Å². The molecule has 2 rings (SSSR count). The van der Waals surface area contributed by atoms with Gasteiger partial charge in [-0.25, -0.2) is 0 Å². The molecular formula is C14H16BrN3. The number of rotatable bonds is 4. The van der Waals surface area contributed by atoms with E-state index < -0.39 is 0 Å². The van der Waals surface area contributed by atoms with Crippen molar-refractivity contribution in [3.63, 3.8) is 0 Å². The van der Waals surface area contributed by atoms with Crippen molar-refractivity contribution < 1.29 is 0 Å². The third kappa shape index (κ3) is 3.31. The predicted molar refractivity (Wildman–Crippen MR) is 78.0 cm³/mol. The van der Waals surface area contributed by atoms with Crippen LogP contribution in [-0.2, 0) is 13.1 Å². The molecule has 0 spiro atoms. The Morgan fingerprint density at radius 2 is 1.89 bits per heavy atom. The van der Waals surface area contributed by atoms with Gasteiger partial charge in [-0.05, 0) is 52.3 Å². The second-order valence-corrected chi connectivity index (χ2v) is 5.14. The lowest BCUT2D eigenvalue weighted by atomic mass is 10.2. The standard InChI is InChI=1S/C14H16BrN3/c1-18(9-11-5-7-17-8-6-11)10-12-3-2-4-13(16)14(12)15/h2-8H,9-10,16H2,1H3.